The van der Waals surface area contributed by atoms with Crippen LogP contribution in [0.4, 0.5) is 0 Å². The van der Waals surface area contributed by atoms with Crippen molar-refractivity contribution in [3.05, 3.63) is 24.3 Å². The molecular formula is C26H46N2O3. The van der Waals surface area contributed by atoms with Gasteiger partial charge in [0.05, 0.1) is 18.3 Å². The highest BCUT2D eigenvalue weighted by molar-refractivity contribution is 5.04. The lowest BCUT2D eigenvalue weighted by molar-refractivity contribution is 0.0780. The van der Waals surface area contributed by atoms with E-state index in [1.807, 2.05) is 0 Å². The number of aliphatic hydroxyl groups excluding tert-OH is 3. The molecule has 0 saturated heterocycles. The maximum absolute atomic E-state index is 10.5. The first-order valence-corrected chi connectivity index (χ1v) is 12.8. The van der Waals surface area contributed by atoms with E-state index in [0.29, 0.717) is 48.6 Å². The van der Waals surface area contributed by atoms with Gasteiger partial charge in [-0.1, -0.05) is 24.3 Å². The smallest absolute Gasteiger partial charge is 0.0551 e. The fourth-order valence-electron chi connectivity index (χ4n) is 6.41. The molecule has 0 heterocycles. The molecule has 31 heavy (non-hydrogen) atoms. The van der Waals surface area contributed by atoms with Gasteiger partial charge in [0.2, 0.25) is 0 Å². The maximum atomic E-state index is 10.5. The molecule has 0 aromatic rings. The van der Waals surface area contributed by atoms with Crippen molar-refractivity contribution in [3.8, 4) is 0 Å². The summed E-state index contributed by atoms with van der Waals surface area (Å²) in [7, 11) is 0. The maximum Gasteiger partial charge on any atom is 0.0551 e. The fraction of sp³-hybridized carbons (Fsp3) is 0.846. The minimum Gasteiger partial charge on any atom is -0.393 e. The first kappa shape index (κ1) is 24.9. The Balaban J connectivity index is 1.56. The summed E-state index contributed by atoms with van der Waals surface area (Å²) in [5.41, 5.74) is 11.6. The molecule has 7 N–H and O–H groups in total. The second kappa shape index (κ2) is 12.5. The van der Waals surface area contributed by atoms with Crippen molar-refractivity contribution in [3.63, 3.8) is 0 Å². The van der Waals surface area contributed by atoms with Crippen LogP contribution in [0.1, 0.15) is 70.6 Å². The molecule has 3 aliphatic carbocycles. The molecule has 5 heteroatoms. The molecule has 3 aliphatic rings. The van der Waals surface area contributed by atoms with Crippen molar-refractivity contribution in [1.82, 2.24) is 0 Å². The predicted molar refractivity (Wildman–Crippen MR) is 126 cm³/mol. The van der Waals surface area contributed by atoms with Crippen LogP contribution in [0.15, 0.2) is 24.3 Å². The summed E-state index contributed by atoms with van der Waals surface area (Å²) in [6, 6.07) is 0. The first-order valence-electron chi connectivity index (χ1n) is 12.8. The molecule has 0 bridgehead atoms. The average Bonchev–Trinajstić information content (AvgIpc) is 2.73. The zero-order chi connectivity index (χ0) is 22.2. The Morgan fingerprint density at radius 1 is 0.548 bits per heavy atom. The van der Waals surface area contributed by atoms with Gasteiger partial charge in [-0.3, -0.25) is 0 Å². The van der Waals surface area contributed by atoms with Gasteiger partial charge >= 0.3 is 0 Å². The molecule has 0 amide bonds. The average molecular weight is 435 g/mol. The lowest BCUT2D eigenvalue weighted by Crippen LogP contribution is -2.29. The van der Waals surface area contributed by atoms with Gasteiger partial charge in [0.1, 0.15) is 0 Å². The Morgan fingerprint density at radius 3 is 1.42 bits per heavy atom. The summed E-state index contributed by atoms with van der Waals surface area (Å²) in [4.78, 5) is 0. The molecule has 0 aromatic carbocycles. The third kappa shape index (κ3) is 7.68. The molecule has 5 nitrogen and oxygen atoms in total. The molecule has 8 atom stereocenters. The zero-order valence-corrected chi connectivity index (χ0v) is 19.2. The van der Waals surface area contributed by atoms with Crippen molar-refractivity contribution in [2.45, 2.75) is 88.9 Å². The summed E-state index contributed by atoms with van der Waals surface area (Å²) < 4.78 is 0. The molecule has 0 radical (unpaired) electrons. The second-order valence-corrected chi connectivity index (χ2v) is 10.6. The van der Waals surface area contributed by atoms with E-state index in [1.165, 1.54) is 0 Å². The Bertz CT molecular complexity index is 533. The van der Waals surface area contributed by atoms with Gasteiger partial charge in [-0.15, -0.1) is 0 Å². The van der Waals surface area contributed by atoms with E-state index in [2.05, 4.69) is 24.3 Å². The highest BCUT2D eigenvalue weighted by Crippen LogP contribution is 2.37. The highest BCUT2D eigenvalue weighted by atomic mass is 16.3. The monoisotopic (exact) mass is 434 g/mol. The van der Waals surface area contributed by atoms with Gasteiger partial charge < -0.3 is 26.8 Å². The van der Waals surface area contributed by atoms with Crippen molar-refractivity contribution in [2.75, 3.05) is 13.1 Å². The van der Waals surface area contributed by atoms with Crippen LogP contribution in [-0.4, -0.2) is 46.7 Å². The van der Waals surface area contributed by atoms with Crippen molar-refractivity contribution in [2.24, 2.45) is 47.0 Å². The third-order valence-electron chi connectivity index (χ3n) is 8.12. The van der Waals surface area contributed by atoms with Crippen LogP contribution < -0.4 is 11.5 Å². The summed E-state index contributed by atoms with van der Waals surface area (Å²) in [6.07, 6.45) is 19.2. The molecule has 178 valence electrons. The van der Waals surface area contributed by atoms with Crippen LogP contribution in [-0.2, 0) is 0 Å². The minimum absolute atomic E-state index is 0.170. The zero-order valence-electron chi connectivity index (χ0n) is 19.2. The number of hydrogen-bond donors (Lipinski definition) is 5. The first-order chi connectivity index (χ1) is 15.0. The van der Waals surface area contributed by atoms with Gasteiger partial charge in [-0.2, -0.15) is 0 Å². The number of rotatable bonds is 8. The Morgan fingerprint density at radius 2 is 1.00 bits per heavy atom. The SMILES string of the molecule is NCCC1CC(O)CCC1/C=C/C1CC(O)CC(/C=C/C2CCC(O)CC2CCN)C1. The summed E-state index contributed by atoms with van der Waals surface area (Å²) in [6.45, 7) is 1.36. The lowest BCUT2D eigenvalue weighted by atomic mass is 9.73. The standard InChI is InChI=1S/C26H46N2O3/c27-11-9-22-16-24(29)7-5-20(22)3-1-18-13-19(15-26(31)14-18)2-4-21-6-8-25(30)17-23(21)10-12-28/h1-4,18-26,29-31H,5-17,27-28H2/b3-1+,4-2+. The van der Waals surface area contributed by atoms with E-state index in [1.54, 1.807) is 0 Å². The van der Waals surface area contributed by atoms with E-state index >= 15 is 0 Å². The Labute approximate surface area is 189 Å². The van der Waals surface area contributed by atoms with Crippen LogP contribution in [0.2, 0.25) is 0 Å². The van der Waals surface area contributed by atoms with E-state index in [9.17, 15) is 15.3 Å². The molecular weight excluding hydrogens is 388 g/mol. The molecule has 3 rings (SSSR count). The predicted octanol–water partition coefficient (Wildman–Crippen LogP) is 3.13. The number of allylic oxidation sites excluding steroid dienone is 4. The molecule has 0 spiro atoms. The third-order valence-corrected chi connectivity index (χ3v) is 8.12. The largest absolute Gasteiger partial charge is 0.393 e. The quantitative estimate of drug-likeness (QED) is 0.377. The van der Waals surface area contributed by atoms with E-state index in [0.717, 1.165) is 70.6 Å². The normalized spacial score (nSPS) is 42.4. The number of aliphatic hydroxyl groups is 3. The molecule has 0 aromatic heterocycles. The van der Waals surface area contributed by atoms with Crippen LogP contribution in [0.25, 0.3) is 0 Å². The summed E-state index contributed by atoms with van der Waals surface area (Å²) in [5.74, 6) is 2.80. The Kier molecular flexibility index (Phi) is 10.0. The van der Waals surface area contributed by atoms with Gasteiger partial charge in [-0.25, -0.2) is 0 Å². The summed E-state index contributed by atoms with van der Waals surface area (Å²) in [5, 5.41) is 30.5. The Hall–Kier alpha value is -0.720. The van der Waals surface area contributed by atoms with Crippen molar-refractivity contribution in [1.29, 1.82) is 0 Å². The van der Waals surface area contributed by atoms with Gasteiger partial charge in [0.15, 0.2) is 0 Å². The van der Waals surface area contributed by atoms with Gasteiger partial charge in [0, 0.05) is 0 Å². The number of nitrogens with two attached hydrogens (primary N) is 2. The van der Waals surface area contributed by atoms with Gasteiger partial charge in [0.25, 0.3) is 0 Å². The minimum atomic E-state index is -0.237. The van der Waals surface area contributed by atoms with Crippen LogP contribution in [0.5, 0.6) is 0 Å². The van der Waals surface area contributed by atoms with E-state index in [-0.39, 0.29) is 18.3 Å². The van der Waals surface area contributed by atoms with Gasteiger partial charge in [-0.05, 0) is 119 Å². The fourth-order valence-corrected chi connectivity index (χ4v) is 6.41. The van der Waals surface area contributed by atoms with Crippen molar-refractivity contribution >= 4 is 0 Å². The summed E-state index contributed by atoms with van der Waals surface area (Å²) >= 11 is 0. The van der Waals surface area contributed by atoms with E-state index < -0.39 is 0 Å². The molecule has 0 aliphatic heterocycles. The lowest BCUT2D eigenvalue weighted by Gasteiger charge is -2.34. The molecule has 3 saturated carbocycles. The molecule has 3 fully saturated rings. The van der Waals surface area contributed by atoms with Crippen LogP contribution in [0.3, 0.4) is 0 Å². The van der Waals surface area contributed by atoms with Crippen LogP contribution >= 0.6 is 0 Å². The van der Waals surface area contributed by atoms with Crippen molar-refractivity contribution < 1.29 is 15.3 Å². The van der Waals surface area contributed by atoms with E-state index in [4.69, 9.17) is 11.5 Å². The van der Waals surface area contributed by atoms with Crippen LogP contribution in [0, 0.1) is 35.5 Å². The topological polar surface area (TPSA) is 113 Å². The second-order valence-electron chi connectivity index (χ2n) is 10.6. The highest BCUT2D eigenvalue weighted by Gasteiger charge is 2.30. The molecule has 8 unspecified atom stereocenters. The number of hydrogen-bond acceptors (Lipinski definition) is 5.